The van der Waals surface area contributed by atoms with Crippen LogP contribution in [0.2, 0.25) is 0 Å². The van der Waals surface area contributed by atoms with Gasteiger partial charge in [-0.1, -0.05) is 30.3 Å². The third-order valence-corrected chi connectivity index (χ3v) is 4.51. The van der Waals surface area contributed by atoms with E-state index in [9.17, 15) is 9.59 Å². The molecule has 1 aliphatic heterocycles. The van der Waals surface area contributed by atoms with Crippen LogP contribution in [0.1, 0.15) is 22.8 Å². The predicted octanol–water partition coefficient (Wildman–Crippen LogP) is 2.13. The minimum atomic E-state index is -0.212. The van der Waals surface area contributed by atoms with Crippen molar-refractivity contribution < 1.29 is 9.59 Å². The summed E-state index contributed by atoms with van der Waals surface area (Å²) in [6.07, 6.45) is 2.76. The Morgan fingerprint density at radius 2 is 2.05 bits per heavy atom. The number of aromatic nitrogens is 1. The van der Waals surface area contributed by atoms with Crippen LogP contribution in [0.4, 0.5) is 0 Å². The third kappa shape index (κ3) is 2.63. The van der Waals surface area contributed by atoms with Gasteiger partial charge in [0.05, 0.1) is 11.4 Å². The van der Waals surface area contributed by atoms with Gasteiger partial charge in [-0.2, -0.15) is 0 Å². The zero-order chi connectivity index (χ0) is 13.9. The molecule has 3 rings (SSSR count). The molecule has 0 saturated carbocycles. The average molecular weight is 286 g/mol. The molecule has 1 aromatic heterocycles. The highest BCUT2D eigenvalue weighted by Gasteiger charge is 2.37. The second kappa shape index (κ2) is 5.54. The van der Waals surface area contributed by atoms with Gasteiger partial charge in [0.2, 0.25) is 11.8 Å². The molecule has 2 amide bonds. The van der Waals surface area contributed by atoms with Crippen molar-refractivity contribution in [2.75, 3.05) is 0 Å². The fourth-order valence-corrected chi connectivity index (χ4v) is 3.40. The minimum Gasteiger partial charge on any atom is -0.296 e. The number of rotatable bonds is 3. The van der Waals surface area contributed by atoms with Gasteiger partial charge in [0.1, 0.15) is 0 Å². The van der Waals surface area contributed by atoms with E-state index < -0.39 is 0 Å². The molecule has 2 unspecified atom stereocenters. The number of hydrogen-bond acceptors (Lipinski definition) is 4. The van der Waals surface area contributed by atoms with Crippen molar-refractivity contribution in [3.8, 4) is 0 Å². The molecule has 1 aromatic carbocycles. The Hall–Kier alpha value is -2.01. The average Bonchev–Trinajstić information content (AvgIpc) is 2.96. The number of carbonyl (C=O) groups is 2. The normalized spacial score (nSPS) is 22.6. The number of hydrogen-bond donors (Lipinski definition) is 1. The predicted molar refractivity (Wildman–Crippen MR) is 76.3 cm³/mol. The number of thiazole rings is 1. The van der Waals surface area contributed by atoms with Crippen LogP contribution >= 0.6 is 11.3 Å². The maximum atomic E-state index is 12.2. The summed E-state index contributed by atoms with van der Waals surface area (Å²) in [6, 6.07) is 9.89. The summed E-state index contributed by atoms with van der Waals surface area (Å²) >= 11 is 1.50. The van der Waals surface area contributed by atoms with E-state index in [1.54, 1.807) is 11.7 Å². The molecule has 1 saturated heterocycles. The van der Waals surface area contributed by atoms with E-state index in [0.29, 0.717) is 12.8 Å². The molecule has 1 N–H and O–H groups in total. The van der Waals surface area contributed by atoms with E-state index in [1.807, 2.05) is 30.3 Å². The highest BCUT2D eigenvalue weighted by molar-refractivity contribution is 7.09. The van der Waals surface area contributed by atoms with Crippen LogP contribution in [-0.2, 0) is 16.0 Å². The first-order valence-corrected chi connectivity index (χ1v) is 7.38. The molecule has 1 fully saturated rings. The number of imide groups is 1. The standard InChI is InChI=1S/C15H14N2O2S/c18-14-7-11(13-8-16-9-20-13)12(15(19)17-14)6-10-4-2-1-3-5-10/h1-5,8-9,11-12H,6-7H2,(H,17,18,19). The van der Waals surface area contributed by atoms with Gasteiger partial charge < -0.3 is 0 Å². The number of carbonyl (C=O) groups excluding carboxylic acids is 2. The molecule has 2 heterocycles. The van der Waals surface area contributed by atoms with Crippen molar-refractivity contribution in [1.82, 2.24) is 10.3 Å². The van der Waals surface area contributed by atoms with E-state index in [-0.39, 0.29) is 23.7 Å². The Morgan fingerprint density at radius 3 is 2.75 bits per heavy atom. The summed E-state index contributed by atoms with van der Waals surface area (Å²) in [5.74, 6) is -0.652. The lowest BCUT2D eigenvalue weighted by Gasteiger charge is -2.29. The summed E-state index contributed by atoms with van der Waals surface area (Å²) < 4.78 is 0. The largest absolute Gasteiger partial charge is 0.296 e. The highest BCUT2D eigenvalue weighted by atomic mass is 32.1. The Morgan fingerprint density at radius 1 is 1.25 bits per heavy atom. The maximum absolute atomic E-state index is 12.2. The molecule has 0 spiro atoms. The minimum absolute atomic E-state index is 0.0658. The van der Waals surface area contributed by atoms with Crippen LogP contribution in [-0.4, -0.2) is 16.8 Å². The van der Waals surface area contributed by atoms with Crippen LogP contribution in [0.3, 0.4) is 0 Å². The molecular formula is C15H14N2O2S. The summed E-state index contributed by atoms with van der Waals surface area (Å²) in [4.78, 5) is 28.9. The van der Waals surface area contributed by atoms with Crippen LogP contribution in [0.25, 0.3) is 0 Å². The molecule has 4 nitrogen and oxygen atoms in total. The van der Waals surface area contributed by atoms with E-state index in [0.717, 1.165) is 10.4 Å². The van der Waals surface area contributed by atoms with Gasteiger partial charge in [0.25, 0.3) is 0 Å². The highest BCUT2D eigenvalue weighted by Crippen LogP contribution is 2.35. The first-order chi connectivity index (χ1) is 9.74. The van der Waals surface area contributed by atoms with Gasteiger partial charge in [-0.15, -0.1) is 11.3 Å². The molecule has 2 atom stereocenters. The second-order valence-corrected chi connectivity index (χ2v) is 5.84. The van der Waals surface area contributed by atoms with Gasteiger partial charge in [-0.3, -0.25) is 19.9 Å². The van der Waals surface area contributed by atoms with Crippen molar-refractivity contribution in [3.05, 3.63) is 52.5 Å². The van der Waals surface area contributed by atoms with Crippen molar-refractivity contribution in [1.29, 1.82) is 0 Å². The summed E-state index contributed by atoms with van der Waals surface area (Å²) in [7, 11) is 0. The fourth-order valence-electron chi connectivity index (χ4n) is 2.62. The van der Waals surface area contributed by atoms with Crippen LogP contribution in [0.15, 0.2) is 42.0 Å². The first kappa shape index (κ1) is 13.0. The smallest absolute Gasteiger partial charge is 0.230 e. The Balaban J connectivity index is 1.88. The maximum Gasteiger partial charge on any atom is 0.230 e. The van der Waals surface area contributed by atoms with Crippen molar-refractivity contribution >= 4 is 23.2 Å². The molecule has 1 aliphatic rings. The monoisotopic (exact) mass is 286 g/mol. The lowest BCUT2D eigenvalue weighted by atomic mass is 9.80. The fraction of sp³-hybridized carbons (Fsp3) is 0.267. The summed E-state index contributed by atoms with van der Waals surface area (Å²) in [5.41, 5.74) is 2.85. The number of piperidine rings is 1. The number of nitrogens with one attached hydrogen (secondary N) is 1. The molecule has 2 aromatic rings. The lowest BCUT2D eigenvalue weighted by Crippen LogP contribution is -2.45. The Labute approximate surface area is 120 Å². The van der Waals surface area contributed by atoms with Crippen LogP contribution < -0.4 is 5.32 Å². The summed E-state index contributed by atoms with van der Waals surface area (Å²) in [6.45, 7) is 0. The van der Waals surface area contributed by atoms with Crippen LogP contribution in [0, 0.1) is 5.92 Å². The third-order valence-electron chi connectivity index (χ3n) is 3.61. The first-order valence-electron chi connectivity index (χ1n) is 6.50. The SMILES string of the molecule is O=C1CC(c2cncs2)C(Cc2ccccc2)C(=O)N1. The van der Waals surface area contributed by atoms with Crippen molar-refractivity contribution in [2.24, 2.45) is 5.92 Å². The van der Waals surface area contributed by atoms with Gasteiger partial charge in [0.15, 0.2) is 0 Å². The van der Waals surface area contributed by atoms with Gasteiger partial charge in [-0.05, 0) is 12.0 Å². The second-order valence-electron chi connectivity index (χ2n) is 4.92. The molecule has 102 valence electrons. The number of nitrogens with zero attached hydrogens (tertiary/aromatic N) is 1. The number of benzene rings is 1. The molecule has 0 radical (unpaired) electrons. The van der Waals surface area contributed by atoms with E-state index in [1.165, 1.54) is 11.3 Å². The van der Waals surface area contributed by atoms with Crippen molar-refractivity contribution in [2.45, 2.75) is 18.8 Å². The Kier molecular flexibility index (Phi) is 3.60. The van der Waals surface area contributed by atoms with Gasteiger partial charge in [0, 0.05) is 23.4 Å². The molecule has 0 aliphatic carbocycles. The van der Waals surface area contributed by atoms with E-state index in [4.69, 9.17) is 0 Å². The van der Waals surface area contributed by atoms with Crippen molar-refractivity contribution in [3.63, 3.8) is 0 Å². The molecular weight excluding hydrogens is 272 g/mol. The van der Waals surface area contributed by atoms with Gasteiger partial charge in [-0.25, -0.2) is 0 Å². The van der Waals surface area contributed by atoms with E-state index in [2.05, 4.69) is 10.3 Å². The lowest BCUT2D eigenvalue weighted by molar-refractivity contribution is -0.137. The Bertz CT molecular complexity index is 610. The molecule has 20 heavy (non-hydrogen) atoms. The molecule has 0 bridgehead atoms. The topological polar surface area (TPSA) is 59.1 Å². The van der Waals surface area contributed by atoms with Crippen LogP contribution in [0.5, 0.6) is 0 Å². The summed E-state index contributed by atoms with van der Waals surface area (Å²) in [5, 5.41) is 2.45. The number of amides is 2. The van der Waals surface area contributed by atoms with E-state index >= 15 is 0 Å². The molecule has 5 heteroatoms. The zero-order valence-electron chi connectivity index (χ0n) is 10.8. The zero-order valence-corrected chi connectivity index (χ0v) is 11.6. The van der Waals surface area contributed by atoms with Gasteiger partial charge >= 0.3 is 0 Å². The quantitative estimate of drug-likeness (QED) is 0.879.